The fourth-order valence-corrected chi connectivity index (χ4v) is 3.16. The van der Waals surface area contributed by atoms with Crippen molar-refractivity contribution in [2.24, 2.45) is 5.73 Å². The van der Waals surface area contributed by atoms with Crippen molar-refractivity contribution in [3.63, 3.8) is 0 Å². The van der Waals surface area contributed by atoms with Gasteiger partial charge in [0, 0.05) is 32.6 Å². The summed E-state index contributed by atoms with van der Waals surface area (Å²) in [5.41, 5.74) is 5.99. The number of aromatic nitrogens is 2. The Morgan fingerprint density at radius 1 is 1.38 bits per heavy atom. The minimum atomic E-state index is -0.380. The summed E-state index contributed by atoms with van der Waals surface area (Å²) in [4.78, 5) is 20.9. The van der Waals surface area contributed by atoms with Crippen LogP contribution in [0.1, 0.15) is 38.0 Å². The number of rotatable bonds is 7. The van der Waals surface area contributed by atoms with Gasteiger partial charge >= 0.3 is 0 Å². The van der Waals surface area contributed by atoms with Crippen LogP contribution >= 0.6 is 24.2 Å². The zero-order valence-electron chi connectivity index (χ0n) is 14.6. The van der Waals surface area contributed by atoms with Gasteiger partial charge in [-0.1, -0.05) is 12.1 Å². The predicted molar refractivity (Wildman–Crippen MR) is 98.5 cm³/mol. The zero-order chi connectivity index (χ0) is 16.8. The highest BCUT2D eigenvalue weighted by atomic mass is 35.5. The Hall–Kier alpha value is -0.830. The topological polar surface area (TPSA) is 88.5 Å². The van der Waals surface area contributed by atoms with Gasteiger partial charge in [0.1, 0.15) is 0 Å². The van der Waals surface area contributed by atoms with Crippen LogP contribution < -0.4 is 5.73 Å². The summed E-state index contributed by atoms with van der Waals surface area (Å²) in [6, 6.07) is -0.306. The fraction of sp³-hybridized carbons (Fsp3) is 0.800. The number of aryl methyl sites for hydroxylation is 1. The van der Waals surface area contributed by atoms with Gasteiger partial charge in [-0.25, -0.2) is 0 Å². The lowest BCUT2D eigenvalue weighted by Crippen LogP contribution is -2.53. The third-order valence-corrected chi connectivity index (χ3v) is 4.93. The summed E-state index contributed by atoms with van der Waals surface area (Å²) in [5.74, 6) is 2.37. The van der Waals surface area contributed by atoms with Crippen molar-refractivity contribution in [1.29, 1.82) is 0 Å². The van der Waals surface area contributed by atoms with Crippen molar-refractivity contribution in [3.05, 3.63) is 11.7 Å². The number of piperazine rings is 1. The predicted octanol–water partition coefficient (Wildman–Crippen LogP) is 1.34. The molecule has 1 aliphatic rings. The average Bonchev–Trinajstić information content (AvgIpc) is 3.07. The van der Waals surface area contributed by atoms with Crippen molar-refractivity contribution in [2.45, 2.75) is 38.8 Å². The van der Waals surface area contributed by atoms with Crippen molar-refractivity contribution >= 4 is 30.1 Å². The molecular weight excluding hydrogens is 350 g/mol. The van der Waals surface area contributed by atoms with Crippen LogP contribution in [0.15, 0.2) is 4.52 Å². The molecule has 0 aromatic carbocycles. The quantitative estimate of drug-likeness (QED) is 0.766. The molecule has 9 heteroatoms. The number of nitrogens with zero attached hydrogens (tertiary/aromatic N) is 4. The van der Waals surface area contributed by atoms with E-state index in [2.05, 4.69) is 22.0 Å². The number of amides is 1. The Bertz CT molecular complexity index is 508. The van der Waals surface area contributed by atoms with Crippen LogP contribution in [-0.2, 0) is 11.2 Å². The molecule has 1 aliphatic heterocycles. The molecule has 2 heterocycles. The maximum atomic E-state index is 12.3. The SMILES string of the molecule is CCc1noc(C(C)N2CCN(C(=O)[C@@H](N)CCSC)CC2)n1.Cl. The summed E-state index contributed by atoms with van der Waals surface area (Å²) in [6.45, 7) is 7.06. The minimum Gasteiger partial charge on any atom is -0.339 e. The molecule has 0 aliphatic carbocycles. The summed E-state index contributed by atoms with van der Waals surface area (Å²) in [5, 5.41) is 3.95. The van der Waals surface area contributed by atoms with E-state index >= 15 is 0 Å². The maximum Gasteiger partial charge on any atom is 0.243 e. The lowest BCUT2D eigenvalue weighted by molar-refractivity contribution is -0.134. The van der Waals surface area contributed by atoms with Gasteiger partial charge in [-0.15, -0.1) is 12.4 Å². The van der Waals surface area contributed by atoms with Crippen LogP contribution in [0.5, 0.6) is 0 Å². The lowest BCUT2D eigenvalue weighted by Gasteiger charge is -2.37. The minimum absolute atomic E-state index is 0. The molecule has 0 radical (unpaired) electrons. The number of halogens is 1. The van der Waals surface area contributed by atoms with E-state index in [1.165, 1.54) is 0 Å². The largest absolute Gasteiger partial charge is 0.339 e. The fourth-order valence-electron chi connectivity index (χ4n) is 2.67. The van der Waals surface area contributed by atoms with E-state index in [-0.39, 0.29) is 30.4 Å². The first-order chi connectivity index (χ1) is 11.1. The molecule has 7 nitrogen and oxygen atoms in total. The van der Waals surface area contributed by atoms with Gasteiger partial charge in [0.15, 0.2) is 5.82 Å². The number of carbonyl (C=O) groups excluding carboxylic acids is 1. The second kappa shape index (κ2) is 10.2. The Kier molecular flexibility index (Phi) is 9.04. The van der Waals surface area contributed by atoms with Crippen LogP contribution in [0.2, 0.25) is 0 Å². The van der Waals surface area contributed by atoms with Gasteiger partial charge in [0.2, 0.25) is 11.8 Å². The number of hydrogen-bond donors (Lipinski definition) is 1. The van der Waals surface area contributed by atoms with E-state index in [4.69, 9.17) is 10.3 Å². The standard InChI is InChI=1S/C15H27N5O2S.ClH/c1-4-13-17-14(22-18-13)11(2)19-6-8-20(9-7-19)15(21)12(16)5-10-23-3;/h11-12H,4-10,16H2,1-3H3;1H/t11?,12-;/m0./s1. The molecule has 1 saturated heterocycles. The Morgan fingerprint density at radius 3 is 2.58 bits per heavy atom. The maximum absolute atomic E-state index is 12.3. The number of thioether (sulfide) groups is 1. The number of hydrogen-bond acceptors (Lipinski definition) is 7. The highest BCUT2D eigenvalue weighted by molar-refractivity contribution is 7.98. The summed E-state index contributed by atoms with van der Waals surface area (Å²) in [6.07, 6.45) is 3.53. The van der Waals surface area contributed by atoms with Crippen molar-refractivity contribution in [2.75, 3.05) is 38.2 Å². The van der Waals surface area contributed by atoms with E-state index in [0.29, 0.717) is 19.0 Å². The molecule has 2 rings (SSSR count). The van der Waals surface area contributed by atoms with E-state index in [1.54, 1.807) is 11.8 Å². The molecule has 138 valence electrons. The summed E-state index contributed by atoms with van der Waals surface area (Å²) < 4.78 is 5.32. The molecule has 1 aromatic rings. The van der Waals surface area contributed by atoms with Gasteiger partial charge < -0.3 is 15.2 Å². The van der Waals surface area contributed by atoms with Crippen LogP contribution in [-0.4, -0.2) is 70.1 Å². The first-order valence-corrected chi connectivity index (χ1v) is 9.56. The Balaban J connectivity index is 0.00000288. The monoisotopic (exact) mass is 377 g/mol. The van der Waals surface area contributed by atoms with Gasteiger partial charge in [-0.2, -0.15) is 16.7 Å². The Morgan fingerprint density at radius 2 is 2.04 bits per heavy atom. The molecular formula is C15H28ClN5O2S. The van der Waals surface area contributed by atoms with E-state index in [1.807, 2.05) is 18.1 Å². The molecule has 0 saturated carbocycles. The molecule has 2 atom stereocenters. The van der Waals surface area contributed by atoms with E-state index in [9.17, 15) is 4.79 Å². The molecule has 1 fully saturated rings. The van der Waals surface area contributed by atoms with Crippen LogP contribution in [0, 0.1) is 0 Å². The third kappa shape index (κ3) is 5.34. The molecule has 1 unspecified atom stereocenters. The molecule has 0 bridgehead atoms. The average molecular weight is 378 g/mol. The van der Waals surface area contributed by atoms with Crippen molar-refractivity contribution in [1.82, 2.24) is 19.9 Å². The van der Waals surface area contributed by atoms with Gasteiger partial charge in [-0.3, -0.25) is 9.69 Å². The van der Waals surface area contributed by atoms with Crippen LogP contribution in [0.4, 0.5) is 0 Å². The Labute approximate surface area is 154 Å². The van der Waals surface area contributed by atoms with Crippen LogP contribution in [0.25, 0.3) is 0 Å². The molecule has 1 aromatic heterocycles. The molecule has 24 heavy (non-hydrogen) atoms. The second-order valence-corrected chi connectivity index (χ2v) is 6.81. The van der Waals surface area contributed by atoms with Crippen molar-refractivity contribution in [3.8, 4) is 0 Å². The summed E-state index contributed by atoms with van der Waals surface area (Å²) in [7, 11) is 0. The van der Waals surface area contributed by atoms with Gasteiger partial charge in [-0.05, 0) is 25.4 Å². The number of carbonyl (C=O) groups is 1. The highest BCUT2D eigenvalue weighted by Gasteiger charge is 2.29. The van der Waals surface area contributed by atoms with Crippen LogP contribution in [0.3, 0.4) is 0 Å². The smallest absolute Gasteiger partial charge is 0.243 e. The zero-order valence-corrected chi connectivity index (χ0v) is 16.2. The molecule has 0 spiro atoms. The third-order valence-electron chi connectivity index (χ3n) is 4.28. The first kappa shape index (κ1) is 21.2. The first-order valence-electron chi connectivity index (χ1n) is 8.16. The van der Waals surface area contributed by atoms with E-state index < -0.39 is 0 Å². The number of nitrogens with two attached hydrogens (primary N) is 1. The summed E-state index contributed by atoms with van der Waals surface area (Å²) >= 11 is 1.72. The van der Waals surface area contributed by atoms with E-state index in [0.717, 1.165) is 37.5 Å². The van der Waals surface area contributed by atoms with Gasteiger partial charge in [0.25, 0.3) is 0 Å². The normalized spacial score (nSPS) is 18.1. The highest BCUT2D eigenvalue weighted by Crippen LogP contribution is 2.20. The lowest BCUT2D eigenvalue weighted by atomic mass is 10.1. The second-order valence-electron chi connectivity index (χ2n) is 5.83. The molecule has 1 amide bonds. The van der Waals surface area contributed by atoms with Gasteiger partial charge in [0.05, 0.1) is 12.1 Å². The van der Waals surface area contributed by atoms with Crippen molar-refractivity contribution < 1.29 is 9.32 Å². The molecule has 2 N–H and O–H groups in total.